The molecule has 2 N–H and O–H groups in total. The zero-order valence-corrected chi connectivity index (χ0v) is 10.3. The van der Waals surface area contributed by atoms with Gasteiger partial charge in [-0.2, -0.15) is 13.2 Å². The summed E-state index contributed by atoms with van der Waals surface area (Å²) in [6, 6.07) is -0.826. The number of rotatable bonds is 4. The fourth-order valence-corrected chi connectivity index (χ4v) is 2.12. The quantitative estimate of drug-likeness (QED) is 0.767. The minimum absolute atomic E-state index is 0.0266. The molecule has 2 amide bonds. The Morgan fingerprint density at radius 1 is 1.39 bits per heavy atom. The molecule has 4 nitrogen and oxygen atoms in total. The average Bonchev–Trinajstić information content (AvgIpc) is 2.28. The maximum atomic E-state index is 12.6. The van der Waals surface area contributed by atoms with Crippen molar-refractivity contribution in [1.29, 1.82) is 0 Å². The Bertz CT molecular complexity index is 272. The van der Waals surface area contributed by atoms with Gasteiger partial charge in [-0.25, -0.2) is 4.79 Å². The SMILES string of the molecule is COCCNC(=O)NC1CCCC(C(F)(F)F)C1. The van der Waals surface area contributed by atoms with Crippen LogP contribution in [0.5, 0.6) is 0 Å². The molecule has 106 valence electrons. The zero-order valence-electron chi connectivity index (χ0n) is 10.3. The van der Waals surface area contributed by atoms with Crippen LogP contribution in [0.2, 0.25) is 0 Å². The molecule has 18 heavy (non-hydrogen) atoms. The molecule has 2 atom stereocenters. The van der Waals surface area contributed by atoms with Gasteiger partial charge in [-0.3, -0.25) is 0 Å². The summed E-state index contributed by atoms with van der Waals surface area (Å²) in [6.45, 7) is 0.723. The first-order valence-electron chi connectivity index (χ1n) is 6.03. The van der Waals surface area contributed by atoms with E-state index >= 15 is 0 Å². The second-order valence-electron chi connectivity index (χ2n) is 4.50. The van der Waals surface area contributed by atoms with E-state index in [0.717, 1.165) is 0 Å². The van der Waals surface area contributed by atoms with Crippen LogP contribution in [0.4, 0.5) is 18.0 Å². The lowest BCUT2D eigenvalue weighted by Gasteiger charge is -2.31. The molecule has 7 heteroatoms. The van der Waals surface area contributed by atoms with Gasteiger partial charge in [0, 0.05) is 19.7 Å². The molecule has 1 fully saturated rings. The van der Waals surface area contributed by atoms with Gasteiger partial charge in [-0.1, -0.05) is 6.42 Å². The van der Waals surface area contributed by atoms with Crippen LogP contribution in [0, 0.1) is 5.92 Å². The van der Waals surface area contributed by atoms with Crippen molar-refractivity contribution in [1.82, 2.24) is 10.6 Å². The lowest BCUT2D eigenvalue weighted by Crippen LogP contribution is -2.46. The van der Waals surface area contributed by atoms with Crippen molar-refractivity contribution >= 4 is 6.03 Å². The smallest absolute Gasteiger partial charge is 0.383 e. The van der Waals surface area contributed by atoms with Crippen LogP contribution < -0.4 is 10.6 Å². The maximum Gasteiger partial charge on any atom is 0.391 e. The van der Waals surface area contributed by atoms with E-state index in [2.05, 4.69) is 10.6 Å². The van der Waals surface area contributed by atoms with E-state index in [-0.39, 0.29) is 12.8 Å². The monoisotopic (exact) mass is 268 g/mol. The summed E-state index contributed by atoms with van der Waals surface area (Å²) in [5.74, 6) is -1.30. The number of halogens is 3. The van der Waals surface area contributed by atoms with Crippen LogP contribution in [0.25, 0.3) is 0 Å². The topological polar surface area (TPSA) is 50.4 Å². The molecule has 2 unspecified atom stereocenters. The lowest BCUT2D eigenvalue weighted by molar-refractivity contribution is -0.183. The summed E-state index contributed by atoms with van der Waals surface area (Å²) in [4.78, 5) is 11.4. The Morgan fingerprint density at radius 3 is 2.72 bits per heavy atom. The van der Waals surface area contributed by atoms with Crippen molar-refractivity contribution in [3.05, 3.63) is 0 Å². The first-order valence-corrected chi connectivity index (χ1v) is 6.03. The second-order valence-corrected chi connectivity index (χ2v) is 4.50. The minimum atomic E-state index is -4.16. The van der Waals surface area contributed by atoms with E-state index in [4.69, 9.17) is 4.74 Å². The molecular weight excluding hydrogens is 249 g/mol. The number of methoxy groups -OCH3 is 1. The molecule has 0 aromatic carbocycles. The number of amides is 2. The average molecular weight is 268 g/mol. The molecule has 0 saturated heterocycles. The Hall–Kier alpha value is -0.980. The van der Waals surface area contributed by atoms with Gasteiger partial charge in [-0.05, 0) is 19.3 Å². The summed E-state index contributed by atoms with van der Waals surface area (Å²) in [6.07, 6.45) is -2.93. The van der Waals surface area contributed by atoms with E-state index in [9.17, 15) is 18.0 Å². The predicted molar refractivity (Wildman–Crippen MR) is 60.2 cm³/mol. The lowest BCUT2D eigenvalue weighted by atomic mass is 9.85. The zero-order chi connectivity index (χ0) is 13.6. The van der Waals surface area contributed by atoms with Gasteiger partial charge in [0.25, 0.3) is 0 Å². The normalized spacial score (nSPS) is 24.7. The van der Waals surface area contributed by atoms with Crippen LogP contribution in [-0.4, -0.2) is 38.5 Å². The predicted octanol–water partition coefficient (Wildman–Crippen LogP) is 2.05. The van der Waals surface area contributed by atoms with Gasteiger partial charge >= 0.3 is 12.2 Å². The third-order valence-corrected chi connectivity index (χ3v) is 3.06. The highest BCUT2D eigenvalue weighted by Crippen LogP contribution is 2.37. The summed E-state index contributed by atoms with van der Waals surface area (Å²) in [5.41, 5.74) is 0. The standard InChI is InChI=1S/C11H19F3N2O2/c1-18-6-5-15-10(17)16-9-4-2-3-8(7-9)11(12,13)14/h8-9H,2-7H2,1H3,(H2,15,16,17). The fourth-order valence-electron chi connectivity index (χ4n) is 2.12. The number of hydrogen-bond acceptors (Lipinski definition) is 2. The minimum Gasteiger partial charge on any atom is -0.383 e. The largest absolute Gasteiger partial charge is 0.391 e. The number of urea groups is 1. The number of nitrogens with one attached hydrogen (secondary N) is 2. The molecule has 0 bridgehead atoms. The first-order chi connectivity index (χ1) is 8.43. The van der Waals surface area contributed by atoms with Crippen molar-refractivity contribution in [3.8, 4) is 0 Å². The van der Waals surface area contributed by atoms with Crippen LogP contribution in [0.1, 0.15) is 25.7 Å². The summed E-state index contributed by atoms with van der Waals surface area (Å²) in [5, 5.41) is 5.10. The molecule has 1 rings (SSSR count). The number of carbonyl (C=O) groups is 1. The summed E-state index contributed by atoms with van der Waals surface area (Å²) >= 11 is 0. The number of ether oxygens (including phenoxy) is 1. The molecule has 0 aromatic heterocycles. The molecular formula is C11H19F3N2O2. The van der Waals surface area contributed by atoms with Gasteiger partial charge in [0.05, 0.1) is 12.5 Å². The maximum absolute atomic E-state index is 12.6. The highest BCUT2D eigenvalue weighted by Gasteiger charge is 2.42. The second kappa shape index (κ2) is 6.82. The van der Waals surface area contributed by atoms with Gasteiger partial charge in [0.2, 0.25) is 0 Å². The van der Waals surface area contributed by atoms with E-state index < -0.39 is 24.2 Å². The van der Waals surface area contributed by atoms with Crippen molar-refractivity contribution in [2.24, 2.45) is 5.92 Å². The molecule has 1 aliphatic rings. The molecule has 0 heterocycles. The Balaban J connectivity index is 2.31. The van der Waals surface area contributed by atoms with E-state index in [0.29, 0.717) is 26.0 Å². The fraction of sp³-hybridized carbons (Fsp3) is 0.909. The molecule has 1 aliphatic carbocycles. The third-order valence-electron chi connectivity index (χ3n) is 3.06. The van der Waals surface area contributed by atoms with Gasteiger partial charge in [-0.15, -0.1) is 0 Å². The molecule has 0 spiro atoms. The summed E-state index contributed by atoms with van der Waals surface area (Å²) < 4.78 is 42.4. The molecule has 0 aromatic rings. The van der Waals surface area contributed by atoms with Crippen LogP contribution in [-0.2, 0) is 4.74 Å². The summed E-state index contributed by atoms with van der Waals surface area (Å²) in [7, 11) is 1.51. The van der Waals surface area contributed by atoms with Crippen molar-refractivity contribution in [3.63, 3.8) is 0 Å². The highest BCUT2D eigenvalue weighted by molar-refractivity contribution is 5.74. The first kappa shape index (κ1) is 15.1. The number of alkyl halides is 3. The third kappa shape index (κ3) is 5.12. The molecule has 0 radical (unpaired) electrons. The highest BCUT2D eigenvalue weighted by atomic mass is 19.4. The van der Waals surface area contributed by atoms with Crippen LogP contribution in [0.3, 0.4) is 0 Å². The van der Waals surface area contributed by atoms with E-state index in [1.807, 2.05) is 0 Å². The van der Waals surface area contributed by atoms with E-state index in [1.54, 1.807) is 0 Å². The van der Waals surface area contributed by atoms with Gasteiger partial charge in [0.15, 0.2) is 0 Å². The van der Waals surface area contributed by atoms with Crippen molar-refractivity contribution < 1.29 is 22.7 Å². The Morgan fingerprint density at radius 2 is 2.11 bits per heavy atom. The van der Waals surface area contributed by atoms with E-state index in [1.165, 1.54) is 7.11 Å². The van der Waals surface area contributed by atoms with Gasteiger partial charge in [0.1, 0.15) is 0 Å². The number of carbonyl (C=O) groups excluding carboxylic acids is 1. The number of hydrogen-bond donors (Lipinski definition) is 2. The van der Waals surface area contributed by atoms with Crippen LogP contribution >= 0.6 is 0 Å². The van der Waals surface area contributed by atoms with Crippen molar-refractivity contribution in [2.45, 2.75) is 37.9 Å². The molecule has 1 saturated carbocycles. The van der Waals surface area contributed by atoms with Crippen LogP contribution in [0.15, 0.2) is 0 Å². The Kier molecular flexibility index (Phi) is 5.71. The Labute approximate surface area is 104 Å². The van der Waals surface area contributed by atoms with Crippen molar-refractivity contribution in [2.75, 3.05) is 20.3 Å². The van der Waals surface area contributed by atoms with Gasteiger partial charge < -0.3 is 15.4 Å². The molecule has 0 aliphatic heterocycles.